The number of fused-ring (bicyclic) bond motifs is 1. The molecule has 1 saturated carbocycles. The molecule has 2 heteroatoms. The first-order valence-electron chi connectivity index (χ1n) is 8.80. The van der Waals surface area contributed by atoms with Crippen molar-refractivity contribution in [2.45, 2.75) is 51.9 Å². The van der Waals surface area contributed by atoms with Gasteiger partial charge in [-0.25, -0.2) is 0 Å². The van der Waals surface area contributed by atoms with Crippen molar-refractivity contribution >= 4 is 0 Å². The molecule has 0 unspecified atom stereocenters. The summed E-state index contributed by atoms with van der Waals surface area (Å²) in [5.41, 5.74) is 2.84. The molecule has 0 bridgehead atoms. The number of hydrogen-bond donors (Lipinski definition) is 1. The van der Waals surface area contributed by atoms with Crippen LogP contribution in [0.4, 0.5) is 0 Å². The Labute approximate surface area is 129 Å². The van der Waals surface area contributed by atoms with Crippen LogP contribution in [-0.4, -0.2) is 19.7 Å². The Balaban J connectivity index is 1.35. The average Bonchev–Trinajstić information content (AvgIpc) is 3.00. The van der Waals surface area contributed by atoms with E-state index in [4.69, 9.17) is 4.74 Å². The molecule has 2 aliphatic rings. The third-order valence-electron chi connectivity index (χ3n) is 5.32. The number of ether oxygens (including phenoxy) is 1. The summed E-state index contributed by atoms with van der Waals surface area (Å²) in [7, 11) is 0. The topological polar surface area (TPSA) is 21.3 Å². The van der Waals surface area contributed by atoms with Gasteiger partial charge in [-0.3, -0.25) is 0 Å². The minimum Gasteiger partial charge on any atom is -0.493 e. The molecule has 0 aromatic heterocycles. The lowest BCUT2D eigenvalue weighted by atomic mass is 9.81. The van der Waals surface area contributed by atoms with E-state index in [1.54, 1.807) is 0 Å². The highest BCUT2D eigenvalue weighted by Gasteiger charge is 2.19. The summed E-state index contributed by atoms with van der Waals surface area (Å²) in [4.78, 5) is 0. The van der Waals surface area contributed by atoms with Crippen molar-refractivity contribution < 1.29 is 4.74 Å². The second-order valence-electron chi connectivity index (χ2n) is 6.79. The van der Waals surface area contributed by atoms with Gasteiger partial charge in [0.15, 0.2) is 0 Å². The van der Waals surface area contributed by atoms with Crippen LogP contribution >= 0.6 is 0 Å². The third kappa shape index (κ3) is 4.00. The molecule has 1 N–H and O–H groups in total. The van der Waals surface area contributed by atoms with Gasteiger partial charge in [0.25, 0.3) is 0 Å². The lowest BCUT2D eigenvalue weighted by Gasteiger charge is -2.27. The van der Waals surface area contributed by atoms with Crippen molar-refractivity contribution in [1.29, 1.82) is 0 Å². The van der Waals surface area contributed by atoms with E-state index in [1.165, 1.54) is 49.8 Å². The molecule has 116 valence electrons. The minimum absolute atomic E-state index is 0.859. The summed E-state index contributed by atoms with van der Waals surface area (Å²) in [6.45, 7) is 5.51. The highest BCUT2D eigenvalue weighted by atomic mass is 16.5. The van der Waals surface area contributed by atoms with Crippen molar-refractivity contribution in [1.82, 2.24) is 5.32 Å². The molecule has 1 aromatic carbocycles. The van der Waals surface area contributed by atoms with Crippen molar-refractivity contribution in [3.8, 4) is 5.75 Å². The van der Waals surface area contributed by atoms with E-state index in [0.29, 0.717) is 0 Å². The molecule has 0 spiro atoms. The molecule has 0 saturated heterocycles. The first kappa shape index (κ1) is 14.9. The van der Waals surface area contributed by atoms with Crippen LogP contribution in [0.25, 0.3) is 0 Å². The van der Waals surface area contributed by atoms with Crippen LogP contribution in [0.5, 0.6) is 5.75 Å². The van der Waals surface area contributed by atoms with Gasteiger partial charge in [-0.1, -0.05) is 38.3 Å². The zero-order chi connectivity index (χ0) is 14.5. The molecule has 1 aliphatic carbocycles. The smallest absolute Gasteiger partial charge is 0.122 e. The predicted octanol–water partition coefficient (Wildman–Crippen LogP) is 3.97. The second-order valence-corrected chi connectivity index (χ2v) is 6.79. The predicted molar refractivity (Wildman–Crippen MR) is 88.0 cm³/mol. The normalized spacial score (nSPS) is 24.6. The molecular weight excluding hydrogens is 258 g/mol. The van der Waals surface area contributed by atoms with E-state index in [-0.39, 0.29) is 0 Å². The molecule has 1 fully saturated rings. The largest absolute Gasteiger partial charge is 0.493 e. The lowest BCUT2D eigenvalue weighted by Crippen LogP contribution is -2.27. The quantitative estimate of drug-likeness (QED) is 0.799. The van der Waals surface area contributed by atoms with E-state index in [1.807, 2.05) is 0 Å². The molecule has 0 radical (unpaired) electrons. The fourth-order valence-corrected chi connectivity index (χ4v) is 3.78. The molecule has 21 heavy (non-hydrogen) atoms. The fraction of sp³-hybridized carbons (Fsp3) is 0.684. The summed E-state index contributed by atoms with van der Waals surface area (Å²) in [5, 5.41) is 3.67. The van der Waals surface area contributed by atoms with Gasteiger partial charge in [0.2, 0.25) is 0 Å². The van der Waals surface area contributed by atoms with Gasteiger partial charge < -0.3 is 10.1 Å². The summed E-state index contributed by atoms with van der Waals surface area (Å²) < 4.78 is 5.56. The number of benzene rings is 1. The van der Waals surface area contributed by atoms with E-state index in [2.05, 4.69) is 30.4 Å². The van der Waals surface area contributed by atoms with Crippen molar-refractivity contribution in [3.63, 3.8) is 0 Å². The average molecular weight is 287 g/mol. The number of hydrogen-bond acceptors (Lipinski definition) is 2. The molecule has 2 nitrogen and oxygen atoms in total. The summed E-state index contributed by atoms with van der Waals surface area (Å²) in [5.74, 6) is 3.02. The fourth-order valence-electron chi connectivity index (χ4n) is 3.78. The van der Waals surface area contributed by atoms with Crippen LogP contribution in [0.15, 0.2) is 18.2 Å². The zero-order valence-electron chi connectivity index (χ0n) is 13.4. The number of nitrogens with one attached hydrogen (secondary N) is 1. The summed E-state index contributed by atoms with van der Waals surface area (Å²) >= 11 is 0. The Kier molecular flexibility index (Phi) is 5.18. The summed E-state index contributed by atoms with van der Waals surface area (Å²) in [6.07, 6.45) is 9.36. The Hall–Kier alpha value is -1.02. The van der Waals surface area contributed by atoms with Crippen LogP contribution in [0.2, 0.25) is 0 Å². The first-order valence-corrected chi connectivity index (χ1v) is 8.80. The molecule has 3 rings (SSSR count). The van der Waals surface area contributed by atoms with E-state index >= 15 is 0 Å². The Morgan fingerprint density at radius 3 is 2.76 bits per heavy atom. The van der Waals surface area contributed by atoms with Crippen LogP contribution in [-0.2, 0) is 12.8 Å². The van der Waals surface area contributed by atoms with E-state index < -0.39 is 0 Å². The van der Waals surface area contributed by atoms with Crippen LogP contribution in [0.3, 0.4) is 0 Å². The van der Waals surface area contributed by atoms with Crippen molar-refractivity contribution in [3.05, 3.63) is 29.3 Å². The maximum Gasteiger partial charge on any atom is 0.122 e. The van der Waals surface area contributed by atoms with Crippen molar-refractivity contribution in [2.75, 3.05) is 19.7 Å². The van der Waals surface area contributed by atoms with E-state index in [9.17, 15) is 0 Å². The maximum atomic E-state index is 5.56. The standard InChI is InChI=1S/C19H29NO/c1-2-15-3-5-17(6-4-15)14-20-11-9-16-7-8-19-18(13-16)10-12-21-19/h7-8,13,15,17,20H,2-6,9-12,14H2,1H3. The molecule has 0 atom stereocenters. The zero-order valence-corrected chi connectivity index (χ0v) is 13.4. The van der Waals surface area contributed by atoms with Crippen LogP contribution < -0.4 is 10.1 Å². The molecular formula is C19H29NO. The number of rotatable bonds is 6. The van der Waals surface area contributed by atoms with Gasteiger partial charge in [-0.15, -0.1) is 0 Å². The molecule has 1 aromatic rings. The van der Waals surface area contributed by atoms with Gasteiger partial charge in [-0.05, 0) is 61.4 Å². The first-order chi connectivity index (χ1) is 10.3. The Bertz CT molecular complexity index is 449. The van der Waals surface area contributed by atoms with Crippen LogP contribution in [0, 0.1) is 11.8 Å². The highest BCUT2D eigenvalue weighted by Crippen LogP contribution is 2.30. The van der Waals surface area contributed by atoms with Crippen LogP contribution in [0.1, 0.15) is 50.2 Å². The third-order valence-corrected chi connectivity index (χ3v) is 5.32. The van der Waals surface area contributed by atoms with Gasteiger partial charge in [0.05, 0.1) is 6.61 Å². The SMILES string of the molecule is CCC1CCC(CNCCc2ccc3c(c2)CCO3)CC1. The van der Waals surface area contributed by atoms with Gasteiger partial charge >= 0.3 is 0 Å². The highest BCUT2D eigenvalue weighted by molar-refractivity contribution is 5.39. The van der Waals surface area contributed by atoms with Gasteiger partial charge in [0, 0.05) is 6.42 Å². The van der Waals surface area contributed by atoms with Crippen molar-refractivity contribution in [2.24, 2.45) is 11.8 Å². The maximum absolute atomic E-state index is 5.56. The molecule has 1 heterocycles. The molecule has 1 aliphatic heterocycles. The second kappa shape index (κ2) is 7.31. The van der Waals surface area contributed by atoms with E-state index in [0.717, 1.165) is 43.6 Å². The van der Waals surface area contributed by atoms with Gasteiger partial charge in [-0.2, -0.15) is 0 Å². The Morgan fingerprint density at radius 1 is 1.14 bits per heavy atom. The monoisotopic (exact) mass is 287 g/mol. The molecule has 0 amide bonds. The van der Waals surface area contributed by atoms with Gasteiger partial charge in [0.1, 0.15) is 5.75 Å². The lowest BCUT2D eigenvalue weighted by molar-refractivity contribution is 0.263. The summed E-state index contributed by atoms with van der Waals surface area (Å²) in [6, 6.07) is 6.69. The minimum atomic E-state index is 0.859. The Morgan fingerprint density at radius 2 is 1.95 bits per heavy atom.